The quantitative estimate of drug-likeness (QED) is 0.505. The second kappa shape index (κ2) is 7.98. The van der Waals surface area contributed by atoms with Crippen LogP contribution in [0.1, 0.15) is 40.2 Å². The second-order valence-electron chi connectivity index (χ2n) is 7.27. The fraction of sp³-hybridized carbons (Fsp3) is 0.174. The van der Waals surface area contributed by atoms with Crippen molar-refractivity contribution in [2.24, 2.45) is 0 Å². The molecule has 31 heavy (non-hydrogen) atoms. The Hall–Kier alpha value is -4.07. The van der Waals surface area contributed by atoms with Crippen LogP contribution in [0.15, 0.2) is 77.4 Å². The average molecular weight is 415 g/mol. The largest absolute Gasteiger partial charge is 0.497 e. The van der Waals surface area contributed by atoms with E-state index in [0.717, 1.165) is 23.3 Å². The van der Waals surface area contributed by atoms with Crippen LogP contribution in [0.2, 0.25) is 0 Å². The molecular weight excluding hydrogens is 394 g/mol. The van der Waals surface area contributed by atoms with Gasteiger partial charge in [-0.3, -0.25) is 10.1 Å². The lowest BCUT2D eigenvalue weighted by atomic mass is 9.93. The van der Waals surface area contributed by atoms with E-state index in [4.69, 9.17) is 9.15 Å². The van der Waals surface area contributed by atoms with E-state index in [0.29, 0.717) is 5.95 Å². The van der Waals surface area contributed by atoms with Gasteiger partial charge in [0.1, 0.15) is 5.75 Å². The number of fused-ring (bicyclic) bond motifs is 1. The Bertz CT molecular complexity index is 1170. The van der Waals surface area contributed by atoms with E-state index < -0.39 is 5.91 Å². The summed E-state index contributed by atoms with van der Waals surface area (Å²) in [6.45, 7) is 0. The van der Waals surface area contributed by atoms with E-state index in [-0.39, 0.29) is 23.8 Å². The number of benzene rings is 2. The van der Waals surface area contributed by atoms with Gasteiger partial charge in [0.25, 0.3) is 11.9 Å². The van der Waals surface area contributed by atoms with Gasteiger partial charge in [-0.15, -0.1) is 5.10 Å². The van der Waals surface area contributed by atoms with Crippen LogP contribution in [-0.2, 0) is 0 Å². The molecule has 156 valence electrons. The highest BCUT2D eigenvalue weighted by Gasteiger charge is 2.31. The maximum absolute atomic E-state index is 12.4. The van der Waals surface area contributed by atoms with Crippen LogP contribution in [0.3, 0.4) is 0 Å². The van der Waals surface area contributed by atoms with Crippen molar-refractivity contribution in [1.29, 1.82) is 0 Å². The predicted octanol–water partition coefficient (Wildman–Crippen LogP) is 4.28. The van der Waals surface area contributed by atoms with E-state index in [9.17, 15) is 4.79 Å². The molecule has 2 atom stereocenters. The van der Waals surface area contributed by atoms with Crippen molar-refractivity contribution in [3.63, 3.8) is 0 Å². The lowest BCUT2D eigenvalue weighted by molar-refractivity contribution is 0.0995. The topological polar surface area (TPSA) is 94.2 Å². The minimum atomic E-state index is -0.393. The number of anilines is 2. The van der Waals surface area contributed by atoms with Gasteiger partial charge in [-0.2, -0.15) is 4.98 Å². The molecule has 8 heteroatoms. The van der Waals surface area contributed by atoms with E-state index in [1.807, 2.05) is 47.1 Å². The lowest BCUT2D eigenvalue weighted by Gasteiger charge is -2.31. The van der Waals surface area contributed by atoms with Crippen molar-refractivity contribution in [1.82, 2.24) is 14.8 Å². The van der Waals surface area contributed by atoms with Crippen molar-refractivity contribution >= 4 is 17.8 Å². The summed E-state index contributed by atoms with van der Waals surface area (Å²) in [7, 11) is 1.65. The Kier molecular flexibility index (Phi) is 4.87. The van der Waals surface area contributed by atoms with Gasteiger partial charge in [0.15, 0.2) is 5.76 Å². The number of methoxy groups -OCH3 is 1. The van der Waals surface area contributed by atoms with E-state index in [2.05, 4.69) is 32.8 Å². The first-order valence-corrected chi connectivity index (χ1v) is 9.98. The summed E-state index contributed by atoms with van der Waals surface area (Å²) in [5.74, 6) is 1.44. The third kappa shape index (κ3) is 3.75. The van der Waals surface area contributed by atoms with E-state index in [1.165, 1.54) is 6.26 Å². The van der Waals surface area contributed by atoms with Gasteiger partial charge in [0.05, 0.1) is 25.5 Å². The molecular formula is C23H21N5O3. The van der Waals surface area contributed by atoms with Crippen LogP contribution >= 0.6 is 0 Å². The molecule has 1 aliphatic rings. The van der Waals surface area contributed by atoms with Crippen molar-refractivity contribution in [2.75, 3.05) is 17.7 Å². The van der Waals surface area contributed by atoms with Crippen LogP contribution in [0.25, 0.3) is 0 Å². The first-order chi connectivity index (χ1) is 15.2. The number of carbonyl (C=O) groups is 1. The Morgan fingerprint density at radius 2 is 1.90 bits per heavy atom. The highest BCUT2D eigenvalue weighted by Crippen LogP contribution is 2.38. The number of aromatic nitrogens is 3. The third-order valence-corrected chi connectivity index (χ3v) is 5.36. The maximum atomic E-state index is 12.4. The number of furan rings is 1. The molecule has 5 rings (SSSR count). The average Bonchev–Trinajstić information content (AvgIpc) is 3.49. The molecule has 4 aromatic rings. The van der Waals surface area contributed by atoms with Gasteiger partial charge in [0.2, 0.25) is 5.95 Å². The normalized spacial score (nSPS) is 17.5. The molecule has 8 nitrogen and oxygen atoms in total. The Labute approximate surface area is 178 Å². The summed E-state index contributed by atoms with van der Waals surface area (Å²) in [5, 5.41) is 10.7. The van der Waals surface area contributed by atoms with Crippen LogP contribution in [-0.4, -0.2) is 27.8 Å². The summed E-state index contributed by atoms with van der Waals surface area (Å²) in [4.78, 5) is 16.9. The third-order valence-electron chi connectivity index (χ3n) is 5.36. The van der Waals surface area contributed by atoms with Gasteiger partial charge in [-0.1, -0.05) is 42.5 Å². The number of amides is 1. The van der Waals surface area contributed by atoms with Gasteiger partial charge in [0, 0.05) is 0 Å². The summed E-state index contributed by atoms with van der Waals surface area (Å²) in [6.07, 6.45) is 2.23. The molecule has 0 fully saturated rings. The predicted molar refractivity (Wildman–Crippen MR) is 115 cm³/mol. The number of ether oxygens (including phenoxy) is 1. The molecule has 3 heterocycles. The number of hydrogen-bond acceptors (Lipinski definition) is 6. The van der Waals surface area contributed by atoms with Crippen LogP contribution in [0, 0.1) is 0 Å². The summed E-state index contributed by atoms with van der Waals surface area (Å²) >= 11 is 0. The zero-order valence-corrected chi connectivity index (χ0v) is 16.9. The van der Waals surface area contributed by atoms with Crippen LogP contribution in [0.5, 0.6) is 5.75 Å². The molecule has 0 saturated heterocycles. The fourth-order valence-electron chi connectivity index (χ4n) is 3.81. The minimum absolute atomic E-state index is 0.0291. The molecule has 0 unspecified atom stereocenters. The molecule has 2 N–H and O–H groups in total. The van der Waals surface area contributed by atoms with E-state index in [1.54, 1.807) is 19.2 Å². The van der Waals surface area contributed by atoms with Crippen molar-refractivity contribution in [3.8, 4) is 5.75 Å². The van der Waals surface area contributed by atoms with Crippen molar-refractivity contribution in [2.45, 2.75) is 18.5 Å². The Morgan fingerprint density at radius 3 is 2.61 bits per heavy atom. The second-order valence-corrected chi connectivity index (χ2v) is 7.27. The molecule has 0 aliphatic carbocycles. The summed E-state index contributed by atoms with van der Waals surface area (Å²) < 4.78 is 12.3. The Balaban J connectivity index is 1.48. The summed E-state index contributed by atoms with van der Waals surface area (Å²) in [5.41, 5.74) is 2.25. The zero-order valence-electron chi connectivity index (χ0n) is 16.9. The molecule has 0 saturated carbocycles. The number of carbonyl (C=O) groups excluding carboxylic acids is 1. The lowest BCUT2D eigenvalue weighted by Crippen LogP contribution is -2.28. The first-order valence-electron chi connectivity index (χ1n) is 9.98. The maximum Gasteiger partial charge on any atom is 0.293 e. The molecule has 0 bridgehead atoms. The molecule has 0 radical (unpaired) electrons. The summed E-state index contributed by atoms with van der Waals surface area (Å²) in [6, 6.07) is 21.4. The smallest absolute Gasteiger partial charge is 0.293 e. The molecule has 0 spiro atoms. The van der Waals surface area contributed by atoms with E-state index >= 15 is 0 Å². The van der Waals surface area contributed by atoms with Gasteiger partial charge in [-0.25, -0.2) is 4.68 Å². The SMILES string of the molecule is COc1ccc([C@H]2C[C@@H](c3ccccc3)n3nc(NC(=O)c4ccco4)nc3N2)cc1. The van der Waals surface area contributed by atoms with Crippen LogP contribution in [0.4, 0.5) is 11.9 Å². The minimum Gasteiger partial charge on any atom is -0.497 e. The molecule has 2 aromatic heterocycles. The van der Waals surface area contributed by atoms with Crippen molar-refractivity contribution < 1.29 is 13.9 Å². The van der Waals surface area contributed by atoms with Crippen molar-refractivity contribution in [3.05, 3.63) is 89.9 Å². The number of hydrogen-bond donors (Lipinski definition) is 2. The molecule has 2 aromatic carbocycles. The number of nitrogens with zero attached hydrogens (tertiary/aromatic N) is 3. The van der Waals surface area contributed by atoms with Gasteiger partial charge in [-0.05, 0) is 41.8 Å². The Morgan fingerprint density at radius 1 is 1.10 bits per heavy atom. The fourth-order valence-corrected chi connectivity index (χ4v) is 3.81. The highest BCUT2D eigenvalue weighted by atomic mass is 16.5. The molecule has 1 amide bonds. The van der Waals surface area contributed by atoms with Gasteiger partial charge >= 0.3 is 0 Å². The monoisotopic (exact) mass is 415 g/mol. The number of nitrogens with one attached hydrogen (secondary N) is 2. The highest BCUT2D eigenvalue weighted by molar-refractivity contribution is 6.01. The van der Waals surface area contributed by atoms with Gasteiger partial charge < -0.3 is 14.5 Å². The molecule has 1 aliphatic heterocycles. The zero-order chi connectivity index (χ0) is 21.2. The number of rotatable bonds is 5. The first kappa shape index (κ1) is 18.9. The van der Waals surface area contributed by atoms with Crippen LogP contribution < -0.4 is 15.4 Å². The standard InChI is InChI=1S/C23H21N5O3/c1-30-17-11-9-15(10-12-17)18-14-19(16-6-3-2-4-7-16)28-23(24-18)26-22(27-28)25-21(29)20-8-5-13-31-20/h2-13,18-19H,14H2,1H3,(H2,24,25,26,27,29)/t18-,19+/m1/s1.